The molecule has 0 amide bonds. The standard InChI is InChI=1S/C24H23NO3S.Na/c1-17-8-10-20(11-9-17)23(26)21-12-14-25(16-21)13-4-6-19-5-3-7-22(15-19)29-18(2)24(27)28;/h3-12,14-16,18H,13H2,1-2H3,(H,27,28);/q;+1/p-1/b6-4+;. The molecule has 1 heterocycles. The van der Waals surface area contributed by atoms with Crippen molar-refractivity contribution in [2.75, 3.05) is 0 Å². The van der Waals surface area contributed by atoms with Crippen molar-refractivity contribution in [1.29, 1.82) is 0 Å². The summed E-state index contributed by atoms with van der Waals surface area (Å²) in [5.41, 5.74) is 3.46. The van der Waals surface area contributed by atoms with Crippen molar-refractivity contribution in [2.45, 2.75) is 30.5 Å². The van der Waals surface area contributed by atoms with Crippen molar-refractivity contribution in [2.24, 2.45) is 0 Å². The fraction of sp³-hybridized carbons (Fsp3) is 0.167. The predicted molar refractivity (Wildman–Crippen MR) is 115 cm³/mol. The average Bonchev–Trinajstić information content (AvgIpc) is 3.17. The van der Waals surface area contributed by atoms with Gasteiger partial charge in [-0.15, -0.1) is 11.8 Å². The Hall–Kier alpha value is -2.05. The van der Waals surface area contributed by atoms with Gasteiger partial charge in [0, 0.05) is 40.2 Å². The van der Waals surface area contributed by atoms with Gasteiger partial charge in [-0.25, -0.2) is 0 Å². The number of carbonyl (C=O) groups excluding carboxylic acids is 2. The summed E-state index contributed by atoms with van der Waals surface area (Å²) in [5, 5.41) is 10.3. The number of thioether (sulfide) groups is 1. The normalized spacial score (nSPS) is 11.8. The molecule has 1 unspecified atom stereocenters. The summed E-state index contributed by atoms with van der Waals surface area (Å²) < 4.78 is 1.95. The van der Waals surface area contributed by atoms with E-state index < -0.39 is 11.2 Å². The maximum Gasteiger partial charge on any atom is 1.00 e. The number of nitrogens with zero attached hydrogens (tertiary/aromatic N) is 1. The van der Waals surface area contributed by atoms with Crippen molar-refractivity contribution in [3.63, 3.8) is 0 Å². The molecule has 148 valence electrons. The molecule has 3 aromatic rings. The quantitative estimate of drug-likeness (QED) is 0.305. The van der Waals surface area contributed by atoms with Gasteiger partial charge in [-0.3, -0.25) is 4.79 Å². The van der Waals surface area contributed by atoms with Gasteiger partial charge >= 0.3 is 29.6 Å². The topological polar surface area (TPSA) is 62.1 Å². The fourth-order valence-corrected chi connectivity index (χ4v) is 3.68. The molecular weight excluding hydrogens is 405 g/mol. The molecular formula is C24H22NNaO3S. The first kappa shape index (κ1) is 24.2. The number of aryl methyl sites for hydroxylation is 1. The summed E-state index contributed by atoms with van der Waals surface area (Å²) in [5.74, 6) is -1.06. The Morgan fingerprint density at radius 2 is 1.83 bits per heavy atom. The number of rotatable bonds is 8. The number of aromatic nitrogens is 1. The Balaban J connectivity index is 0.00000320. The van der Waals surface area contributed by atoms with E-state index in [4.69, 9.17) is 0 Å². The molecule has 0 bridgehead atoms. The summed E-state index contributed by atoms with van der Waals surface area (Å²) in [6, 6.07) is 17.1. The van der Waals surface area contributed by atoms with E-state index in [1.807, 2.05) is 90.6 Å². The first-order chi connectivity index (χ1) is 13.9. The second-order valence-corrected chi connectivity index (χ2v) is 8.26. The number of allylic oxidation sites excluding steroid dienone is 1. The van der Waals surface area contributed by atoms with Crippen molar-refractivity contribution in [3.8, 4) is 0 Å². The third kappa shape index (κ3) is 6.74. The molecule has 30 heavy (non-hydrogen) atoms. The Morgan fingerprint density at radius 3 is 2.53 bits per heavy atom. The number of carboxylic acid groups (broad SMARTS) is 1. The van der Waals surface area contributed by atoms with Crippen LogP contribution in [0.4, 0.5) is 0 Å². The van der Waals surface area contributed by atoms with Gasteiger partial charge in [0.1, 0.15) is 0 Å². The minimum absolute atomic E-state index is 0. The minimum atomic E-state index is -1.07. The molecule has 0 saturated heterocycles. The third-order valence-electron chi connectivity index (χ3n) is 4.46. The van der Waals surface area contributed by atoms with E-state index in [0.717, 1.165) is 16.0 Å². The molecule has 0 fully saturated rings. The molecule has 0 spiro atoms. The molecule has 3 rings (SSSR count). The number of benzene rings is 2. The van der Waals surface area contributed by atoms with E-state index in [1.165, 1.54) is 11.8 Å². The van der Waals surface area contributed by atoms with Gasteiger partial charge in [0.25, 0.3) is 0 Å². The summed E-state index contributed by atoms with van der Waals surface area (Å²) >= 11 is 1.26. The van der Waals surface area contributed by atoms with Crippen LogP contribution in [0.3, 0.4) is 0 Å². The van der Waals surface area contributed by atoms with E-state index in [0.29, 0.717) is 17.7 Å². The molecule has 0 N–H and O–H groups in total. The summed E-state index contributed by atoms with van der Waals surface area (Å²) in [6.07, 6.45) is 7.72. The van der Waals surface area contributed by atoms with Gasteiger partial charge < -0.3 is 14.5 Å². The predicted octanol–water partition coefficient (Wildman–Crippen LogP) is 0.975. The van der Waals surface area contributed by atoms with Crippen LogP contribution < -0.4 is 34.7 Å². The number of aliphatic carboxylic acids is 1. The van der Waals surface area contributed by atoms with Crippen molar-refractivity contribution < 1.29 is 44.3 Å². The maximum absolute atomic E-state index is 12.6. The van der Waals surface area contributed by atoms with Crippen LogP contribution in [0.5, 0.6) is 0 Å². The Kier molecular flexibility index (Phi) is 9.18. The molecule has 0 aliphatic carbocycles. The number of hydrogen-bond acceptors (Lipinski definition) is 4. The summed E-state index contributed by atoms with van der Waals surface area (Å²) in [4.78, 5) is 24.3. The fourth-order valence-electron chi connectivity index (χ4n) is 2.81. The van der Waals surface area contributed by atoms with E-state index in [1.54, 1.807) is 6.92 Å². The second-order valence-electron chi connectivity index (χ2n) is 6.85. The molecule has 6 heteroatoms. The van der Waals surface area contributed by atoms with Crippen LogP contribution in [0.1, 0.15) is 34.0 Å². The molecule has 2 aromatic carbocycles. The van der Waals surface area contributed by atoms with E-state index in [9.17, 15) is 14.7 Å². The number of hydrogen-bond donors (Lipinski definition) is 0. The second kappa shape index (κ2) is 11.4. The van der Waals surface area contributed by atoms with Crippen molar-refractivity contribution in [1.82, 2.24) is 4.57 Å². The molecule has 0 aliphatic rings. The van der Waals surface area contributed by atoms with Crippen LogP contribution in [0.15, 0.2) is 78.0 Å². The van der Waals surface area contributed by atoms with Crippen LogP contribution in [-0.2, 0) is 11.3 Å². The number of carboxylic acids is 1. The monoisotopic (exact) mass is 427 g/mol. The number of ketones is 1. The zero-order chi connectivity index (χ0) is 20.8. The molecule has 1 aromatic heterocycles. The Morgan fingerprint density at radius 1 is 1.10 bits per heavy atom. The molecule has 0 radical (unpaired) electrons. The Labute approximate surface area is 203 Å². The molecule has 0 saturated carbocycles. The van der Waals surface area contributed by atoms with Gasteiger partial charge in [-0.2, -0.15) is 0 Å². The van der Waals surface area contributed by atoms with Gasteiger partial charge in [0.05, 0.1) is 5.97 Å². The number of carbonyl (C=O) groups is 2. The van der Waals surface area contributed by atoms with E-state index in [-0.39, 0.29) is 35.3 Å². The SMILES string of the molecule is Cc1ccc(C(=O)c2ccn(C/C=C/c3cccc(SC(C)C(=O)[O-])c3)c2)cc1.[Na+]. The van der Waals surface area contributed by atoms with E-state index >= 15 is 0 Å². The smallest absolute Gasteiger partial charge is 0.549 e. The summed E-state index contributed by atoms with van der Waals surface area (Å²) in [7, 11) is 0. The Bertz CT molecular complexity index is 1040. The first-order valence-corrected chi connectivity index (χ1v) is 10.2. The summed E-state index contributed by atoms with van der Waals surface area (Å²) in [6.45, 7) is 4.24. The largest absolute Gasteiger partial charge is 1.00 e. The van der Waals surface area contributed by atoms with Crippen LogP contribution >= 0.6 is 11.8 Å². The molecule has 0 aliphatic heterocycles. The van der Waals surface area contributed by atoms with Gasteiger partial charge in [0.15, 0.2) is 5.78 Å². The van der Waals surface area contributed by atoms with Crippen molar-refractivity contribution >= 4 is 29.6 Å². The van der Waals surface area contributed by atoms with E-state index in [2.05, 4.69) is 0 Å². The zero-order valence-electron chi connectivity index (χ0n) is 17.4. The van der Waals surface area contributed by atoms with Crippen LogP contribution in [0, 0.1) is 6.92 Å². The van der Waals surface area contributed by atoms with Crippen LogP contribution in [0.2, 0.25) is 0 Å². The van der Waals surface area contributed by atoms with Gasteiger partial charge in [-0.05, 0) is 37.6 Å². The average molecular weight is 428 g/mol. The van der Waals surface area contributed by atoms with Crippen LogP contribution in [-0.4, -0.2) is 21.6 Å². The van der Waals surface area contributed by atoms with Gasteiger partial charge in [0.2, 0.25) is 0 Å². The third-order valence-corrected chi connectivity index (χ3v) is 5.53. The van der Waals surface area contributed by atoms with Crippen LogP contribution in [0.25, 0.3) is 6.08 Å². The molecule has 4 nitrogen and oxygen atoms in total. The zero-order valence-corrected chi connectivity index (χ0v) is 20.2. The minimum Gasteiger partial charge on any atom is -0.549 e. The maximum atomic E-state index is 12.6. The van der Waals surface area contributed by atoms with Crippen molar-refractivity contribution in [3.05, 3.63) is 95.3 Å². The molecule has 1 atom stereocenters. The first-order valence-electron chi connectivity index (χ1n) is 9.33. The van der Waals surface area contributed by atoms with Gasteiger partial charge in [-0.1, -0.05) is 54.1 Å².